The van der Waals surface area contributed by atoms with E-state index in [-0.39, 0.29) is 17.8 Å². The van der Waals surface area contributed by atoms with Crippen LogP contribution >= 0.6 is 0 Å². The number of carbonyl (C=O) groups excluding carboxylic acids is 3. The lowest BCUT2D eigenvalue weighted by atomic mass is 10.2. The maximum absolute atomic E-state index is 13.4. The topological polar surface area (TPSA) is 127 Å². The van der Waals surface area contributed by atoms with Crippen molar-refractivity contribution in [2.75, 3.05) is 10.6 Å². The first kappa shape index (κ1) is 15.6. The van der Waals surface area contributed by atoms with Gasteiger partial charge in [-0.05, 0) is 18.2 Å². The van der Waals surface area contributed by atoms with Crippen molar-refractivity contribution in [1.82, 2.24) is 0 Å². The smallest absolute Gasteiger partial charge is 0.241 e. The molecule has 0 radical (unpaired) electrons. The van der Waals surface area contributed by atoms with Gasteiger partial charge in [0.2, 0.25) is 17.7 Å². The maximum Gasteiger partial charge on any atom is 0.241 e. The molecule has 1 aromatic rings. The third-order valence-corrected chi connectivity index (χ3v) is 2.30. The molecule has 0 aliphatic heterocycles. The van der Waals surface area contributed by atoms with Crippen molar-refractivity contribution in [2.24, 2.45) is 11.5 Å². The molecule has 0 spiro atoms. The summed E-state index contributed by atoms with van der Waals surface area (Å²) in [7, 11) is 0. The van der Waals surface area contributed by atoms with Crippen LogP contribution in [-0.4, -0.2) is 23.8 Å². The van der Waals surface area contributed by atoms with Crippen LogP contribution in [0.3, 0.4) is 0 Å². The van der Waals surface area contributed by atoms with Gasteiger partial charge in [0, 0.05) is 12.6 Å². The monoisotopic (exact) mass is 282 g/mol. The molecule has 0 aromatic heterocycles. The molecular weight excluding hydrogens is 267 g/mol. The molecule has 3 amide bonds. The molecule has 1 aromatic carbocycles. The lowest BCUT2D eigenvalue weighted by Crippen LogP contribution is -2.39. The second-order valence-electron chi connectivity index (χ2n) is 4.14. The van der Waals surface area contributed by atoms with E-state index < -0.39 is 29.6 Å². The molecule has 0 saturated carbocycles. The van der Waals surface area contributed by atoms with Crippen LogP contribution < -0.4 is 22.1 Å². The fraction of sp³-hybridized carbons (Fsp3) is 0.250. The molecule has 0 fully saturated rings. The average Bonchev–Trinajstić information content (AvgIpc) is 2.31. The summed E-state index contributed by atoms with van der Waals surface area (Å²) in [5.41, 5.74) is 10.6. The van der Waals surface area contributed by atoms with Crippen LogP contribution in [-0.2, 0) is 14.4 Å². The van der Waals surface area contributed by atoms with Crippen molar-refractivity contribution >= 4 is 29.1 Å². The van der Waals surface area contributed by atoms with E-state index in [4.69, 9.17) is 11.5 Å². The first-order valence-corrected chi connectivity index (χ1v) is 5.71. The maximum atomic E-state index is 13.4. The molecule has 1 unspecified atom stereocenters. The second-order valence-corrected chi connectivity index (χ2v) is 4.14. The zero-order valence-corrected chi connectivity index (χ0v) is 10.8. The molecule has 108 valence electrons. The summed E-state index contributed by atoms with van der Waals surface area (Å²) in [5.74, 6) is -2.42. The van der Waals surface area contributed by atoms with Gasteiger partial charge >= 0.3 is 0 Å². The van der Waals surface area contributed by atoms with Crippen LogP contribution in [0.1, 0.15) is 13.3 Å². The van der Waals surface area contributed by atoms with Gasteiger partial charge in [0.1, 0.15) is 5.82 Å². The normalized spacial score (nSPS) is 11.6. The second kappa shape index (κ2) is 6.62. The Labute approximate surface area is 114 Å². The van der Waals surface area contributed by atoms with Gasteiger partial charge in [-0.25, -0.2) is 4.39 Å². The van der Waals surface area contributed by atoms with E-state index >= 15 is 0 Å². The summed E-state index contributed by atoms with van der Waals surface area (Å²) in [4.78, 5) is 33.2. The highest BCUT2D eigenvalue weighted by atomic mass is 19.1. The van der Waals surface area contributed by atoms with Gasteiger partial charge in [0.05, 0.1) is 18.2 Å². The van der Waals surface area contributed by atoms with E-state index in [1.807, 2.05) is 0 Å². The predicted octanol–water partition coefficient (Wildman–Crippen LogP) is -0.0747. The molecular formula is C12H15FN4O3. The van der Waals surface area contributed by atoms with E-state index in [0.29, 0.717) is 0 Å². The van der Waals surface area contributed by atoms with Gasteiger partial charge < -0.3 is 22.1 Å². The molecule has 0 aliphatic carbocycles. The molecule has 6 N–H and O–H groups in total. The Morgan fingerprint density at radius 2 is 1.95 bits per heavy atom. The Morgan fingerprint density at radius 3 is 2.50 bits per heavy atom. The van der Waals surface area contributed by atoms with Crippen LogP contribution in [0.15, 0.2) is 18.2 Å². The molecule has 0 saturated heterocycles. The van der Waals surface area contributed by atoms with Crippen molar-refractivity contribution in [3.8, 4) is 0 Å². The molecule has 1 atom stereocenters. The van der Waals surface area contributed by atoms with Gasteiger partial charge in [-0.1, -0.05) is 0 Å². The lowest BCUT2D eigenvalue weighted by molar-refractivity contribution is -0.123. The summed E-state index contributed by atoms with van der Waals surface area (Å²) in [6, 6.07) is 2.53. The number of anilines is 2. The molecule has 0 heterocycles. The SMILES string of the molecule is CC(=O)Nc1cc(NC(=O)C(N)CC(N)=O)ccc1F. The molecule has 8 heteroatoms. The largest absolute Gasteiger partial charge is 0.370 e. The lowest BCUT2D eigenvalue weighted by Gasteiger charge is -2.12. The highest BCUT2D eigenvalue weighted by Gasteiger charge is 2.16. The van der Waals surface area contributed by atoms with Crippen LogP contribution in [0.2, 0.25) is 0 Å². The van der Waals surface area contributed by atoms with E-state index in [1.165, 1.54) is 19.1 Å². The number of benzene rings is 1. The van der Waals surface area contributed by atoms with Gasteiger partial charge in [-0.2, -0.15) is 0 Å². The van der Waals surface area contributed by atoms with Crippen LogP contribution in [0.5, 0.6) is 0 Å². The third-order valence-electron chi connectivity index (χ3n) is 2.30. The van der Waals surface area contributed by atoms with Gasteiger partial charge in [-0.15, -0.1) is 0 Å². The highest BCUT2D eigenvalue weighted by molar-refractivity contribution is 5.98. The molecule has 0 aliphatic rings. The first-order valence-electron chi connectivity index (χ1n) is 5.71. The summed E-state index contributed by atoms with van der Waals surface area (Å²) in [6.07, 6.45) is -0.300. The molecule has 1 rings (SSSR count). The van der Waals surface area contributed by atoms with Crippen LogP contribution in [0.4, 0.5) is 15.8 Å². The van der Waals surface area contributed by atoms with Gasteiger partial charge in [0.25, 0.3) is 0 Å². The van der Waals surface area contributed by atoms with Crippen LogP contribution in [0.25, 0.3) is 0 Å². The Kier molecular flexibility index (Phi) is 5.15. The number of hydrogen-bond donors (Lipinski definition) is 4. The van der Waals surface area contributed by atoms with Crippen molar-refractivity contribution in [1.29, 1.82) is 0 Å². The summed E-state index contributed by atoms with van der Waals surface area (Å²) in [5, 5.41) is 4.68. The zero-order valence-electron chi connectivity index (χ0n) is 10.8. The van der Waals surface area contributed by atoms with Crippen LogP contribution in [0, 0.1) is 5.82 Å². The zero-order chi connectivity index (χ0) is 15.3. The highest BCUT2D eigenvalue weighted by Crippen LogP contribution is 2.19. The first-order chi connectivity index (χ1) is 9.29. The Balaban J connectivity index is 2.80. The number of nitrogens with two attached hydrogens (primary N) is 2. The fourth-order valence-electron chi connectivity index (χ4n) is 1.43. The van der Waals surface area contributed by atoms with E-state index in [0.717, 1.165) is 6.07 Å². The fourth-order valence-corrected chi connectivity index (χ4v) is 1.43. The van der Waals surface area contributed by atoms with E-state index in [1.54, 1.807) is 0 Å². The standard InChI is InChI=1S/C12H15FN4O3/c1-6(18)16-10-4-7(2-3-8(10)13)17-12(20)9(14)5-11(15)19/h2-4,9H,5,14H2,1H3,(H2,15,19)(H,16,18)(H,17,20). The van der Waals surface area contributed by atoms with E-state index in [9.17, 15) is 18.8 Å². The number of primary amides is 1. The Bertz CT molecular complexity index is 548. The van der Waals surface area contributed by atoms with Gasteiger partial charge in [-0.3, -0.25) is 14.4 Å². The minimum atomic E-state index is -1.10. The van der Waals surface area contributed by atoms with Gasteiger partial charge in [0.15, 0.2) is 0 Å². The number of rotatable bonds is 5. The number of carbonyl (C=O) groups is 3. The quantitative estimate of drug-likeness (QED) is 0.602. The predicted molar refractivity (Wildman–Crippen MR) is 71.1 cm³/mol. The van der Waals surface area contributed by atoms with Crippen molar-refractivity contribution in [2.45, 2.75) is 19.4 Å². The van der Waals surface area contributed by atoms with Crippen molar-refractivity contribution in [3.05, 3.63) is 24.0 Å². The number of halogens is 1. The summed E-state index contributed by atoms with van der Waals surface area (Å²) in [6.45, 7) is 1.23. The number of hydrogen-bond acceptors (Lipinski definition) is 4. The molecule has 7 nitrogen and oxygen atoms in total. The Hall–Kier alpha value is -2.48. The third kappa shape index (κ3) is 4.65. The minimum absolute atomic E-state index is 0.0706. The summed E-state index contributed by atoms with van der Waals surface area (Å²) >= 11 is 0. The van der Waals surface area contributed by atoms with E-state index in [2.05, 4.69) is 10.6 Å². The molecule has 20 heavy (non-hydrogen) atoms. The average molecular weight is 282 g/mol. The summed E-state index contributed by atoms with van der Waals surface area (Å²) < 4.78 is 13.4. The van der Waals surface area contributed by atoms with Crippen molar-refractivity contribution in [3.63, 3.8) is 0 Å². The minimum Gasteiger partial charge on any atom is -0.370 e. The number of nitrogens with one attached hydrogen (secondary N) is 2. The number of amides is 3. The Morgan fingerprint density at radius 1 is 1.30 bits per heavy atom. The van der Waals surface area contributed by atoms with Crippen molar-refractivity contribution < 1.29 is 18.8 Å². The molecule has 0 bridgehead atoms.